The van der Waals surface area contributed by atoms with Crippen molar-refractivity contribution in [1.29, 1.82) is 0 Å². The summed E-state index contributed by atoms with van der Waals surface area (Å²) in [6.07, 6.45) is 0. The summed E-state index contributed by atoms with van der Waals surface area (Å²) >= 11 is 0. The number of ether oxygens (including phenoxy) is 1. The predicted octanol–water partition coefficient (Wildman–Crippen LogP) is 1.22. The van der Waals surface area contributed by atoms with Gasteiger partial charge in [0.2, 0.25) is 0 Å². The standard InChI is InChI=1S/C14H11NO4.Sn.2H/c16-13(17)11-7-4-8-12(15-11)14(18)19-9-10-5-2-1-3-6-10;;;/h1-8H,9H2,(H,16,17);;;. The number of esters is 1. The molecule has 0 aliphatic rings. The number of aromatic nitrogens is 1. The van der Waals surface area contributed by atoms with Crippen molar-refractivity contribution < 1.29 is 19.4 Å². The number of nitrogens with zero attached hydrogens (tertiary/aromatic N) is 1. The average molecular weight is 378 g/mol. The quantitative estimate of drug-likeness (QED) is 0.640. The SMILES string of the molecule is O=C(O)c1cccc(C(=O)OCc2ccccc2)n1.[SnH2]. The van der Waals surface area contributed by atoms with E-state index in [0.717, 1.165) is 5.56 Å². The number of carbonyl (C=O) groups is 2. The van der Waals surface area contributed by atoms with E-state index in [1.54, 1.807) is 0 Å². The summed E-state index contributed by atoms with van der Waals surface area (Å²) in [6.45, 7) is 0.124. The van der Waals surface area contributed by atoms with E-state index in [2.05, 4.69) is 4.98 Å². The second kappa shape index (κ2) is 7.64. The van der Waals surface area contributed by atoms with Crippen LogP contribution in [-0.2, 0) is 11.3 Å². The molecule has 2 aromatic rings. The molecule has 102 valence electrons. The molecule has 5 nitrogen and oxygen atoms in total. The zero-order chi connectivity index (χ0) is 13.7. The second-order valence-corrected chi connectivity index (χ2v) is 3.77. The van der Waals surface area contributed by atoms with Crippen LogP contribution < -0.4 is 0 Å². The van der Waals surface area contributed by atoms with Gasteiger partial charge in [-0.05, 0) is 17.7 Å². The van der Waals surface area contributed by atoms with Gasteiger partial charge in [-0.25, -0.2) is 14.6 Å². The third-order valence-electron chi connectivity index (χ3n) is 2.39. The number of carboxylic acids is 1. The van der Waals surface area contributed by atoms with E-state index in [1.807, 2.05) is 30.3 Å². The summed E-state index contributed by atoms with van der Waals surface area (Å²) in [5, 5.41) is 8.78. The van der Waals surface area contributed by atoms with E-state index in [9.17, 15) is 9.59 Å². The van der Waals surface area contributed by atoms with Crippen LogP contribution in [0.4, 0.5) is 0 Å². The molecule has 0 aliphatic heterocycles. The second-order valence-electron chi connectivity index (χ2n) is 3.77. The molecule has 0 aliphatic carbocycles. The topological polar surface area (TPSA) is 76.5 Å². The van der Waals surface area contributed by atoms with Gasteiger partial charge < -0.3 is 9.84 Å². The number of pyridine rings is 1. The Bertz CT molecular complexity index is 601. The van der Waals surface area contributed by atoms with Gasteiger partial charge in [-0.2, -0.15) is 0 Å². The van der Waals surface area contributed by atoms with Crippen LogP contribution in [0.2, 0.25) is 0 Å². The van der Waals surface area contributed by atoms with E-state index in [1.165, 1.54) is 18.2 Å². The van der Waals surface area contributed by atoms with E-state index >= 15 is 0 Å². The Hall–Kier alpha value is -1.89. The van der Waals surface area contributed by atoms with Gasteiger partial charge in [0.25, 0.3) is 0 Å². The normalized spacial score (nSPS) is 9.40. The molecule has 0 saturated carbocycles. The number of hydrogen-bond donors (Lipinski definition) is 1. The molecule has 6 heteroatoms. The number of aromatic carboxylic acids is 1. The zero-order valence-electron chi connectivity index (χ0n) is 10.7. The van der Waals surface area contributed by atoms with E-state index in [-0.39, 0.29) is 41.9 Å². The molecule has 2 radical (unpaired) electrons. The average Bonchev–Trinajstić information content (AvgIpc) is 2.46. The van der Waals surface area contributed by atoms with Gasteiger partial charge in [-0.1, -0.05) is 36.4 Å². The van der Waals surface area contributed by atoms with Crippen LogP contribution in [0.25, 0.3) is 0 Å². The van der Waals surface area contributed by atoms with Gasteiger partial charge in [-0.3, -0.25) is 0 Å². The van der Waals surface area contributed by atoms with Crippen LogP contribution in [0.1, 0.15) is 26.5 Å². The van der Waals surface area contributed by atoms with Crippen LogP contribution in [0.5, 0.6) is 0 Å². The summed E-state index contributed by atoms with van der Waals surface area (Å²) in [4.78, 5) is 26.2. The van der Waals surface area contributed by atoms with Crippen molar-refractivity contribution in [1.82, 2.24) is 4.98 Å². The number of rotatable bonds is 4. The Labute approximate surface area is 132 Å². The predicted molar refractivity (Wildman–Crippen MR) is 75.3 cm³/mol. The molecule has 0 bridgehead atoms. The molecule has 2 rings (SSSR count). The fourth-order valence-corrected chi connectivity index (χ4v) is 1.46. The molecule has 0 fully saturated rings. The Morgan fingerprint density at radius 3 is 2.30 bits per heavy atom. The Balaban J connectivity index is 0.00000200. The molecular weight excluding hydrogens is 365 g/mol. The zero-order valence-corrected chi connectivity index (χ0v) is 14.7. The van der Waals surface area contributed by atoms with Crippen LogP contribution in [0.3, 0.4) is 0 Å². The molecule has 1 aromatic carbocycles. The molecule has 0 saturated heterocycles. The van der Waals surface area contributed by atoms with Crippen molar-refractivity contribution in [3.63, 3.8) is 0 Å². The first kappa shape index (κ1) is 16.2. The summed E-state index contributed by atoms with van der Waals surface area (Å²) in [5.41, 5.74) is 0.648. The van der Waals surface area contributed by atoms with Gasteiger partial charge in [0.1, 0.15) is 18.0 Å². The fourth-order valence-electron chi connectivity index (χ4n) is 1.46. The van der Waals surface area contributed by atoms with Crippen molar-refractivity contribution in [2.75, 3.05) is 0 Å². The summed E-state index contributed by atoms with van der Waals surface area (Å²) in [7, 11) is 0. The van der Waals surface area contributed by atoms with Gasteiger partial charge in [0.05, 0.1) is 0 Å². The van der Waals surface area contributed by atoms with Gasteiger partial charge in [0.15, 0.2) is 0 Å². The summed E-state index contributed by atoms with van der Waals surface area (Å²) < 4.78 is 5.05. The molecule has 0 spiro atoms. The van der Waals surface area contributed by atoms with Crippen LogP contribution in [0.15, 0.2) is 48.5 Å². The third kappa shape index (κ3) is 4.34. The first-order valence-corrected chi connectivity index (χ1v) is 5.58. The molecule has 0 amide bonds. The molecular formula is C14H13NO4Sn. The van der Waals surface area contributed by atoms with Crippen molar-refractivity contribution in [3.8, 4) is 0 Å². The van der Waals surface area contributed by atoms with Gasteiger partial charge in [0, 0.05) is 0 Å². The maximum atomic E-state index is 11.7. The first-order chi connectivity index (χ1) is 9.16. The van der Waals surface area contributed by atoms with E-state index < -0.39 is 11.9 Å². The summed E-state index contributed by atoms with van der Waals surface area (Å²) in [5.74, 6) is -1.83. The van der Waals surface area contributed by atoms with Gasteiger partial charge >= 0.3 is 35.8 Å². The van der Waals surface area contributed by atoms with Crippen molar-refractivity contribution >= 4 is 35.8 Å². The van der Waals surface area contributed by atoms with Crippen LogP contribution in [0, 0.1) is 0 Å². The monoisotopic (exact) mass is 379 g/mol. The van der Waals surface area contributed by atoms with E-state index in [0.29, 0.717) is 0 Å². The summed E-state index contributed by atoms with van der Waals surface area (Å²) in [6, 6.07) is 13.4. The maximum absolute atomic E-state index is 11.7. The number of carboxylic acid groups (broad SMARTS) is 1. The molecule has 20 heavy (non-hydrogen) atoms. The van der Waals surface area contributed by atoms with Crippen molar-refractivity contribution in [3.05, 3.63) is 65.5 Å². The van der Waals surface area contributed by atoms with Crippen molar-refractivity contribution in [2.45, 2.75) is 6.61 Å². The Morgan fingerprint density at radius 1 is 1.00 bits per heavy atom. The Kier molecular flexibility index (Phi) is 6.17. The Morgan fingerprint density at radius 2 is 1.65 bits per heavy atom. The van der Waals surface area contributed by atoms with E-state index in [4.69, 9.17) is 9.84 Å². The minimum absolute atomic E-state index is 0. The molecule has 1 aromatic heterocycles. The van der Waals surface area contributed by atoms with Crippen molar-refractivity contribution in [2.24, 2.45) is 0 Å². The molecule has 0 atom stereocenters. The van der Waals surface area contributed by atoms with Crippen LogP contribution in [-0.4, -0.2) is 45.9 Å². The minimum atomic E-state index is -1.18. The number of hydrogen-bond acceptors (Lipinski definition) is 4. The first-order valence-electron chi connectivity index (χ1n) is 5.58. The molecule has 1 N–H and O–H groups in total. The fraction of sp³-hybridized carbons (Fsp3) is 0.0714. The molecule has 0 unspecified atom stereocenters. The number of carbonyl (C=O) groups excluding carboxylic acids is 1. The van der Waals surface area contributed by atoms with Gasteiger partial charge in [-0.15, -0.1) is 0 Å². The molecule has 1 heterocycles. The van der Waals surface area contributed by atoms with Crippen LogP contribution >= 0.6 is 0 Å². The third-order valence-corrected chi connectivity index (χ3v) is 2.39. The number of benzene rings is 1.